The molecule has 1 aliphatic rings. The minimum Gasteiger partial charge on any atom is -0.368 e. The maximum Gasteiger partial charge on any atom is 0.222 e. The number of nitrogens with one attached hydrogen (secondary N) is 2. The first kappa shape index (κ1) is 11.3. The Morgan fingerprint density at radius 1 is 1.28 bits per heavy atom. The topological polar surface area (TPSA) is 75.9 Å². The Kier molecular flexibility index (Phi) is 2.77. The molecule has 3 rings (SSSR count). The molecule has 0 spiro atoms. The number of hydrogen-bond acceptors (Lipinski definition) is 5. The summed E-state index contributed by atoms with van der Waals surface area (Å²) in [5.74, 6) is 1.02. The third kappa shape index (κ3) is 2.10. The van der Waals surface area contributed by atoms with Crippen LogP contribution < -0.4 is 16.4 Å². The highest BCUT2D eigenvalue weighted by Gasteiger charge is 2.18. The van der Waals surface area contributed by atoms with Gasteiger partial charge in [-0.1, -0.05) is 17.7 Å². The van der Waals surface area contributed by atoms with Crippen molar-refractivity contribution in [2.75, 3.05) is 11.1 Å². The number of anilines is 3. The second-order valence-corrected chi connectivity index (χ2v) is 4.53. The maximum atomic E-state index is 5.95. The van der Waals surface area contributed by atoms with E-state index in [9.17, 15) is 0 Å². The second-order valence-electron chi connectivity index (χ2n) is 4.09. The Balaban J connectivity index is 1.98. The van der Waals surface area contributed by atoms with Crippen molar-refractivity contribution in [3.8, 4) is 0 Å². The van der Waals surface area contributed by atoms with E-state index in [1.165, 1.54) is 0 Å². The first-order valence-electron chi connectivity index (χ1n) is 5.61. The van der Waals surface area contributed by atoms with E-state index >= 15 is 0 Å². The molecule has 2 aromatic rings. The molecule has 1 aromatic carbocycles. The third-order valence-corrected chi connectivity index (χ3v) is 3.03. The van der Waals surface area contributed by atoms with E-state index in [4.69, 9.17) is 17.3 Å². The predicted octanol–water partition coefficient (Wildman–Crippen LogP) is 2.06. The van der Waals surface area contributed by atoms with Crippen LogP contribution in [0, 0.1) is 0 Å². The van der Waals surface area contributed by atoms with Crippen LogP contribution in [-0.2, 0) is 13.1 Å². The van der Waals surface area contributed by atoms with Gasteiger partial charge in [0.15, 0.2) is 0 Å². The lowest BCUT2D eigenvalue weighted by Gasteiger charge is -2.10. The summed E-state index contributed by atoms with van der Waals surface area (Å²) in [4.78, 5) is 8.45. The Labute approximate surface area is 109 Å². The summed E-state index contributed by atoms with van der Waals surface area (Å²) in [6.45, 7) is 1.48. The molecule has 1 aliphatic heterocycles. The van der Waals surface area contributed by atoms with Gasteiger partial charge in [0, 0.05) is 29.4 Å². The smallest absolute Gasteiger partial charge is 0.222 e. The van der Waals surface area contributed by atoms with Gasteiger partial charge in [0.05, 0.1) is 5.69 Å². The van der Waals surface area contributed by atoms with E-state index < -0.39 is 0 Å². The van der Waals surface area contributed by atoms with E-state index in [0.29, 0.717) is 5.02 Å². The van der Waals surface area contributed by atoms with Gasteiger partial charge >= 0.3 is 0 Å². The van der Waals surface area contributed by atoms with Gasteiger partial charge in [-0.15, -0.1) is 0 Å². The van der Waals surface area contributed by atoms with Crippen molar-refractivity contribution in [2.45, 2.75) is 13.1 Å². The molecule has 0 unspecified atom stereocenters. The van der Waals surface area contributed by atoms with E-state index in [1.807, 2.05) is 24.3 Å². The molecule has 18 heavy (non-hydrogen) atoms. The summed E-state index contributed by atoms with van der Waals surface area (Å²) in [5.41, 5.74) is 8.59. The number of aromatic nitrogens is 2. The zero-order valence-electron chi connectivity index (χ0n) is 9.57. The molecule has 92 valence electrons. The minimum absolute atomic E-state index is 0.280. The van der Waals surface area contributed by atoms with Crippen molar-refractivity contribution in [2.24, 2.45) is 0 Å². The third-order valence-electron chi connectivity index (χ3n) is 2.79. The first-order chi connectivity index (χ1) is 8.72. The van der Waals surface area contributed by atoms with Crippen molar-refractivity contribution in [1.82, 2.24) is 15.3 Å². The number of benzene rings is 1. The Morgan fingerprint density at radius 3 is 3.00 bits per heavy atom. The van der Waals surface area contributed by atoms with E-state index in [1.54, 1.807) is 0 Å². The Hall–Kier alpha value is -1.85. The van der Waals surface area contributed by atoms with Gasteiger partial charge in [-0.2, -0.15) is 4.98 Å². The fraction of sp³-hybridized carbons (Fsp3) is 0.167. The molecular formula is C12H12ClN5. The molecule has 0 aliphatic carbocycles. The quantitative estimate of drug-likeness (QED) is 0.772. The molecule has 0 fully saturated rings. The zero-order valence-corrected chi connectivity index (χ0v) is 10.3. The number of nitrogens with two attached hydrogens (primary N) is 1. The second kappa shape index (κ2) is 4.44. The van der Waals surface area contributed by atoms with Crippen molar-refractivity contribution >= 4 is 29.1 Å². The van der Waals surface area contributed by atoms with Gasteiger partial charge < -0.3 is 16.4 Å². The molecule has 0 saturated heterocycles. The van der Waals surface area contributed by atoms with Gasteiger partial charge in [0.1, 0.15) is 5.82 Å². The average molecular weight is 262 g/mol. The molecule has 4 N–H and O–H groups in total. The van der Waals surface area contributed by atoms with Crippen LogP contribution in [0.5, 0.6) is 0 Å². The predicted molar refractivity (Wildman–Crippen MR) is 71.7 cm³/mol. The van der Waals surface area contributed by atoms with Crippen LogP contribution in [0.3, 0.4) is 0 Å². The zero-order chi connectivity index (χ0) is 12.5. The average Bonchev–Trinajstić information content (AvgIpc) is 2.77. The van der Waals surface area contributed by atoms with Crippen molar-refractivity contribution in [3.63, 3.8) is 0 Å². The Bertz CT molecular complexity index is 599. The lowest BCUT2D eigenvalue weighted by molar-refractivity contribution is 0.758. The number of rotatable bonds is 2. The highest BCUT2D eigenvalue weighted by atomic mass is 35.5. The van der Waals surface area contributed by atoms with Crippen LogP contribution in [0.15, 0.2) is 24.3 Å². The first-order valence-corrected chi connectivity index (χ1v) is 5.99. The van der Waals surface area contributed by atoms with Gasteiger partial charge in [-0.3, -0.25) is 0 Å². The molecule has 5 nitrogen and oxygen atoms in total. The molecule has 0 saturated carbocycles. The Morgan fingerprint density at radius 2 is 2.17 bits per heavy atom. The van der Waals surface area contributed by atoms with E-state index in [2.05, 4.69) is 20.6 Å². The van der Waals surface area contributed by atoms with Crippen molar-refractivity contribution < 1.29 is 0 Å². The standard InChI is InChI=1S/C12H12ClN5/c13-7-2-1-3-8(4-7)16-11-9-5-15-6-10(9)17-12(14)18-11/h1-4,15H,5-6H2,(H3,14,16,17,18). The summed E-state index contributed by atoms with van der Waals surface area (Å²) >= 11 is 5.95. The minimum atomic E-state index is 0.280. The lowest BCUT2D eigenvalue weighted by atomic mass is 10.2. The van der Waals surface area contributed by atoms with E-state index in [-0.39, 0.29) is 5.95 Å². The number of nitrogens with zero attached hydrogens (tertiary/aromatic N) is 2. The van der Waals surface area contributed by atoms with Gasteiger partial charge in [-0.25, -0.2) is 4.98 Å². The summed E-state index contributed by atoms with van der Waals surface area (Å²) in [7, 11) is 0. The summed E-state index contributed by atoms with van der Waals surface area (Å²) < 4.78 is 0. The van der Waals surface area contributed by atoms with Crippen molar-refractivity contribution in [3.05, 3.63) is 40.5 Å². The summed E-state index contributed by atoms with van der Waals surface area (Å²) in [6, 6.07) is 7.48. The van der Waals surface area contributed by atoms with Crippen molar-refractivity contribution in [1.29, 1.82) is 0 Å². The highest BCUT2D eigenvalue weighted by Crippen LogP contribution is 2.26. The lowest BCUT2D eigenvalue weighted by Crippen LogP contribution is -2.05. The van der Waals surface area contributed by atoms with Crippen LogP contribution >= 0.6 is 11.6 Å². The molecule has 0 radical (unpaired) electrons. The number of fused-ring (bicyclic) bond motifs is 1. The van der Waals surface area contributed by atoms with Crippen LogP contribution in [0.1, 0.15) is 11.3 Å². The molecule has 0 atom stereocenters. The summed E-state index contributed by atoms with van der Waals surface area (Å²) in [6.07, 6.45) is 0. The molecule has 1 aromatic heterocycles. The van der Waals surface area contributed by atoms with Crippen LogP contribution in [0.2, 0.25) is 5.02 Å². The molecule has 0 bridgehead atoms. The summed E-state index contributed by atoms with van der Waals surface area (Å²) in [5, 5.41) is 7.14. The SMILES string of the molecule is Nc1nc2c(c(Nc3cccc(Cl)c3)n1)CNC2. The van der Waals surface area contributed by atoms with Gasteiger partial charge in [0.25, 0.3) is 0 Å². The van der Waals surface area contributed by atoms with Crippen LogP contribution in [-0.4, -0.2) is 9.97 Å². The monoisotopic (exact) mass is 261 g/mol. The fourth-order valence-corrected chi connectivity index (χ4v) is 2.18. The largest absolute Gasteiger partial charge is 0.368 e. The molecule has 6 heteroatoms. The normalized spacial score (nSPS) is 13.4. The molecular weight excluding hydrogens is 250 g/mol. The van der Waals surface area contributed by atoms with E-state index in [0.717, 1.165) is 35.9 Å². The van der Waals surface area contributed by atoms with Crippen LogP contribution in [0.4, 0.5) is 17.5 Å². The van der Waals surface area contributed by atoms with Gasteiger partial charge in [0.2, 0.25) is 5.95 Å². The number of hydrogen-bond donors (Lipinski definition) is 3. The number of halogens is 1. The van der Waals surface area contributed by atoms with Gasteiger partial charge in [-0.05, 0) is 18.2 Å². The molecule has 0 amide bonds. The van der Waals surface area contributed by atoms with Crippen LogP contribution in [0.25, 0.3) is 0 Å². The molecule has 2 heterocycles. The number of nitrogen functional groups attached to an aromatic ring is 1. The fourth-order valence-electron chi connectivity index (χ4n) is 1.99. The maximum absolute atomic E-state index is 5.95. The highest BCUT2D eigenvalue weighted by molar-refractivity contribution is 6.30.